The Kier molecular flexibility index (Phi) is 7.08. The number of carboxylic acid groups (broad SMARTS) is 1. The van der Waals surface area contributed by atoms with Gasteiger partial charge in [-0.05, 0) is 63.6 Å². The van der Waals surface area contributed by atoms with Crippen LogP contribution in [-0.2, 0) is 24.1 Å². The van der Waals surface area contributed by atoms with Crippen molar-refractivity contribution in [3.63, 3.8) is 0 Å². The molecule has 0 radical (unpaired) electrons. The molecule has 3 nitrogen and oxygen atoms in total. The monoisotopic (exact) mass is 316 g/mol. The molecular formula is C20H28O3. The third kappa shape index (κ3) is 6.31. The lowest BCUT2D eigenvalue weighted by atomic mass is 9.93. The van der Waals surface area contributed by atoms with Gasteiger partial charge < -0.3 is 10.2 Å². The molecule has 0 amide bonds. The fourth-order valence-corrected chi connectivity index (χ4v) is 2.33. The highest BCUT2D eigenvalue weighted by molar-refractivity contribution is 5.70. The van der Waals surface area contributed by atoms with E-state index in [1.807, 2.05) is 39.8 Å². The fourth-order valence-electron chi connectivity index (χ4n) is 2.33. The van der Waals surface area contributed by atoms with Crippen molar-refractivity contribution < 1.29 is 15.0 Å². The minimum absolute atomic E-state index is 0.326. The minimum atomic E-state index is -0.797. The van der Waals surface area contributed by atoms with Crippen LogP contribution in [0.1, 0.15) is 51.3 Å². The Balaban J connectivity index is 3.21. The number of phenols is 1. The summed E-state index contributed by atoms with van der Waals surface area (Å²) in [5.41, 5.74) is 5.07. The summed E-state index contributed by atoms with van der Waals surface area (Å²) in [6, 6.07) is 3.86. The lowest BCUT2D eigenvalue weighted by Crippen LogP contribution is -2.12. The maximum atomic E-state index is 11.1. The molecule has 1 aromatic carbocycles. The van der Waals surface area contributed by atoms with E-state index < -0.39 is 11.9 Å². The van der Waals surface area contributed by atoms with Crippen LogP contribution >= 0.6 is 0 Å². The van der Waals surface area contributed by atoms with Crippen LogP contribution in [0.5, 0.6) is 5.75 Å². The molecule has 0 fully saturated rings. The summed E-state index contributed by atoms with van der Waals surface area (Å²) in [4.78, 5) is 11.1. The van der Waals surface area contributed by atoms with Gasteiger partial charge in [0.2, 0.25) is 0 Å². The zero-order chi connectivity index (χ0) is 17.6. The molecule has 2 N–H and O–H groups in total. The third-order valence-electron chi connectivity index (χ3n) is 3.75. The zero-order valence-corrected chi connectivity index (χ0v) is 14.8. The summed E-state index contributed by atoms with van der Waals surface area (Å²) in [7, 11) is 0. The Morgan fingerprint density at radius 3 is 1.83 bits per heavy atom. The van der Waals surface area contributed by atoms with Gasteiger partial charge in [0, 0.05) is 0 Å². The molecule has 1 atom stereocenters. The topological polar surface area (TPSA) is 57.5 Å². The lowest BCUT2D eigenvalue weighted by molar-refractivity contribution is -0.141. The van der Waals surface area contributed by atoms with Gasteiger partial charge >= 0.3 is 5.97 Å². The van der Waals surface area contributed by atoms with Gasteiger partial charge in [0.1, 0.15) is 5.75 Å². The van der Waals surface area contributed by atoms with Crippen molar-refractivity contribution in [2.24, 2.45) is 5.92 Å². The van der Waals surface area contributed by atoms with Crippen molar-refractivity contribution in [3.05, 3.63) is 52.1 Å². The Bertz CT molecular complexity index is 575. The average Bonchev–Trinajstić information content (AvgIpc) is 2.45. The fraction of sp³-hybridized carbons (Fsp3) is 0.450. The summed E-state index contributed by atoms with van der Waals surface area (Å²) in [6.07, 6.45) is 5.93. The minimum Gasteiger partial charge on any atom is -0.507 e. The van der Waals surface area contributed by atoms with Crippen LogP contribution in [0, 0.1) is 5.92 Å². The average molecular weight is 316 g/mol. The quantitative estimate of drug-likeness (QED) is 0.719. The van der Waals surface area contributed by atoms with E-state index in [1.54, 1.807) is 6.92 Å². The van der Waals surface area contributed by atoms with Gasteiger partial charge in [-0.1, -0.05) is 42.4 Å². The molecule has 0 spiro atoms. The maximum Gasteiger partial charge on any atom is 0.306 e. The largest absolute Gasteiger partial charge is 0.507 e. The Morgan fingerprint density at radius 2 is 1.48 bits per heavy atom. The van der Waals surface area contributed by atoms with E-state index in [4.69, 9.17) is 5.11 Å². The van der Waals surface area contributed by atoms with Crippen molar-refractivity contribution in [3.8, 4) is 5.75 Å². The third-order valence-corrected chi connectivity index (χ3v) is 3.75. The molecule has 3 heteroatoms. The number of carbonyl (C=O) groups is 1. The normalized spacial score (nSPS) is 11.7. The number of hydrogen-bond acceptors (Lipinski definition) is 2. The Labute approximate surface area is 139 Å². The first kappa shape index (κ1) is 19.0. The number of aromatic hydroxyl groups is 1. The number of phenolic OH excluding ortho intramolecular Hbond substituents is 1. The van der Waals surface area contributed by atoms with Gasteiger partial charge in [0.25, 0.3) is 0 Å². The summed E-state index contributed by atoms with van der Waals surface area (Å²) in [5, 5.41) is 19.6. The maximum absolute atomic E-state index is 11.1. The summed E-state index contributed by atoms with van der Waals surface area (Å²) >= 11 is 0. The highest BCUT2D eigenvalue weighted by Crippen LogP contribution is 2.28. The second-order valence-corrected chi connectivity index (χ2v) is 6.68. The molecule has 1 unspecified atom stereocenters. The molecule has 0 saturated carbocycles. The van der Waals surface area contributed by atoms with Crippen molar-refractivity contribution in [1.82, 2.24) is 0 Å². The summed E-state index contributed by atoms with van der Waals surface area (Å²) in [6.45, 7) is 9.81. The first-order valence-electron chi connectivity index (χ1n) is 8.03. The van der Waals surface area contributed by atoms with E-state index in [1.165, 1.54) is 11.1 Å². The number of benzene rings is 1. The van der Waals surface area contributed by atoms with Crippen molar-refractivity contribution in [2.45, 2.75) is 53.9 Å². The number of hydrogen-bond donors (Lipinski definition) is 2. The standard InChI is InChI=1S/C20H28O3/c1-13(2)6-8-17-11-16(10-15(5)20(22)23)12-18(19(17)21)9-7-14(3)4/h6-7,11-12,15,21H,8-10H2,1-5H3,(H,22,23). The van der Waals surface area contributed by atoms with E-state index in [9.17, 15) is 9.90 Å². The van der Waals surface area contributed by atoms with Gasteiger partial charge in [-0.3, -0.25) is 4.79 Å². The summed E-state index contributed by atoms with van der Waals surface area (Å²) < 4.78 is 0. The zero-order valence-electron chi connectivity index (χ0n) is 14.8. The number of aliphatic carboxylic acids is 1. The van der Waals surface area contributed by atoms with Crippen molar-refractivity contribution in [1.29, 1.82) is 0 Å². The predicted molar refractivity (Wildman–Crippen MR) is 94.9 cm³/mol. The second kappa shape index (κ2) is 8.56. The molecule has 0 aliphatic rings. The molecule has 0 bridgehead atoms. The highest BCUT2D eigenvalue weighted by atomic mass is 16.4. The first-order chi connectivity index (χ1) is 10.7. The highest BCUT2D eigenvalue weighted by Gasteiger charge is 2.15. The molecule has 0 heterocycles. The van der Waals surface area contributed by atoms with E-state index in [0.29, 0.717) is 25.0 Å². The van der Waals surface area contributed by atoms with Gasteiger partial charge in [0.15, 0.2) is 0 Å². The van der Waals surface area contributed by atoms with Crippen LogP contribution in [0.3, 0.4) is 0 Å². The number of carboxylic acids is 1. The SMILES string of the molecule is CC(C)=CCc1cc(CC(C)C(=O)O)cc(CC=C(C)C)c1O. The Hall–Kier alpha value is -2.03. The van der Waals surface area contributed by atoms with Crippen LogP contribution < -0.4 is 0 Å². The van der Waals surface area contributed by atoms with Crippen LogP contribution in [0.15, 0.2) is 35.4 Å². The van der Waals surface area contributed by atoms with Crippen LogP contribution in [0.25, 0.3) is 0 Å². The van der Waals surface area contributed by atoms with Gasteiger partial charge in [-0.25, -0.2) is 0 Å². The summed E-state index contributed by atoms with van der Waals surface area (Å²) in [5.74, 6) is -0.909. The van der Waals surface area contributed by atoms with Gasteiger partial charge in [-0.2, -0.15) is 0 Å². The molecular weight excluding hydrogens is 288 g/mol. The molecule has 0 saturated heterocycles. The Morgan fingerprint density at radius 1 is 1.04 bits per heavy atom. The smallest absolute Gasteiger partial charge is 0.306 e. The molecule has 126 valence electrons. The predicted octanol–water partition coefficient (Wildman–Crippen LogP) is 4.67. The molecule has 23 heavy (non-hydrogen) atoms. The van der Waals surface area contributed by atoms with Crippen LogP contribution in [0.2, 0.25) is 0 Å². The number of rotatable bonds is 7. The van der Waals surface area contributed by atoms with Crippen molar-refractivity contribution in [2.75, 3.05) is 0 Å². The lowest BCUT2D eigenvalue weighted by Gasteiger charge is -2.13. The van der Waals surface area contributed by atoms with E-state index in [2.05, 4.69) is 12.2 Å². The van der Waals surface area contributed by atoms with E-state index in [-0.39, 0.29) is 0 Å². The van der Waals surface area contributed by atoms with E-state index in [0.717, 1.165) is 16.7 Å². The molecule has 0 aromatic heterocycles. The first-order valence-corrected chi connectivity index (χ1v) is 8.03. The van der Waals surface area contributed by atoms with Crippen LogP contribution in [0.4, 0.5) is 0 Å². The van der Waals surface area contributed by atoms with Crippen molar-refractivity contribution >= 4 is 5.97 Å². The molecule has 1 aromatic rings. The van der Waals surface area contributed by atoms with Crippen LogP contribution in [-0.4, -0.2) is 16.2 Å². The number of allylic oxidation sites excluding steroid dienone is 4. The van der Waals surface area contributed by atoms with Gasteiger partial charge in [0.05, 0.1) is 5.92 Å². The molecule has 1 rings (SSSR count). The second-order valence-electron chi connectivity index (χ2n) is 6.68. The molecule has 0 aliphatic carbocycles. The van der Waals surface area contributed by atoms with Gasteiger partial charge in [-0.15, -0.1) is 0 Å². The molecule has 0 aliphatic heterocycles. The van der Waals surface area contributed by atoms with E-state index >= 15 is 0 Å².